The van der Waals surface area contributed by atoms with Crippen LogP contribution in [0.1, 0.15) is 182 Å². The molecule has 1 rings (SSSR count). The molecule has 0 aromatic carbocycles. The van der Waals surface area contributed by atoms with Crippen LogP contribution in [0.25, 0.3) is 0 Å². The molecule has 238 valence electrons. The highest BCUT2D eigenvalue weighted by Gasteiger charge is 2.34. The first-order valence-corrected chi connectivity index (χ1v) is 20.5. The monoisotopic (exact) mass is 584 g/mol. The number of amides is 3. The molecular formula is C35H72N2O2P+. The van der Waals surface area contributed by atoms with Crippen LogP contribution in [0.3, 0.4) is 0 Å². The van der Waals surface area contributed by atoms with Crippen molar-refractivity contribution in [3.05, 3.63) is 0 Å². The zero-order valence-corrected chi connectivity index (χ0v) is 28.7. The zero-order chi connectivity index (χ0) is 29.6. The highest BCUT2D eigenvalue weighted by molar-refractivity contribution is 7.75. The maximum atomic E-state index is 10.1. The minimum absolute atomic E-state index is 0.124. The van der Waals surface area contributed by atoms with E-state index in [1.165, 1.54) is 128 Å². The second-order valence-corrected chi connectivity index (χ2v) is 17.0. The molecule has 0 aliphatic carbocycles. The second-order valence-electron chi connectivity index (χ2n) is 12.5. The third-order valence-corrected chi connectivity index (χ3v) is 13.7. The fraction of sp³-hybridized carbons (Fsp3) is 0.943. The molecule has 2 N–H and O–H groups in total. The van der Waals surface area contributed by atoms with Crippen LogP contribution < -0.4 is 10.6 Å². The molecule has 0 aromatic heterocycles. The quantitative estimate of drug-likeness (QED) is 0.0547. The summed E-state index contributed by atoms with van der Waals surface area (Å²) in [6.45, 7) is 9.54. The molecule has 0 radical (unpaired) electrons. The largest absolute Gasteiger partial charge is 0.329 e. The van der Waals surface area contributed by atoms with Crippen molar-refractivity contribution in [2.45, 2.75) is 182 Å². The SMILES string of the molecule is CCCCCCCCCCCCCC[P+](CCCCCC)(CCCCCC)CCCCCC.O=C1CNC(=O)N1. The van der Waals surface area contributed by atoms with Crippen molar-refractivity contribution in [3.63, 3.8) is 0 Å². The third-order valence-electron chi connectivity index (χ3n) is 8.61. The van der Waals surface area contributed by atoms with Crippen molar-refractivity contribution < 1.29 is 9.59 Å². The van der Waals surface area contributed by atoms with E-state index in [4.69, 9.17) is 0 Å². The highest BCUT2D eigenvalue weighted by Crippen LogP contribution is 2.61. The van der Waals surface area contributed by atoms with Crippen molar-refractivity contribution in [1.82, 2.24) is 10.6 Å². The molecule has 4 nitrogen and oxygen atoms in total. The fourth-order valence-corrected chi connectivity index (χ4v) is 10.9. The zero-order valence-electron chi connectivity index (χ0n) is 27.8. The first-order valence-electron chi connectivity index (χ1n) is 18.0. The van der Waals surface area contributed by atoms with Gasteiger partial charge in [0.2, 0.25) is 5.91 Å². The van der Waals surface area contributed by atoms with E-state index in [1.807, 2.05) is 5.32 Å². The van der Waals surface area contributed by atoms with E-state index in [0.717, 1.165) is 0 Å². The molecule has 1 aliphatic heterocycles. The van der Waals surface area contributed by atoms with E-state index in [-0.39, 0.29) is 12.5 Å². The van der Waals surface area contributed by atoms with E-state index >= 15 is 0 Å². The van der Waals surface area contributed by atoms with Gasteiger partial charge in [-0.05, 0) is 51.4 Å². The summed E-state index contributed by atoms with van der Waals surface area (Å²) in [5, 5.41) is 4.30. The number of nitrogens with one attached hydrogen (secondary N) is 2. The summed E-state index contributed by atoms with van der Waals surface area (Å²) in [6, 6.07) is -0.398. The van der Waals surface area contributed by atoms with E-state index in [9.17, 15) is 9.59 Å². The standard InChI is InChI=1S/C32H68P.C3H4N2O2/c1-5-9-13-17-18-19-20-21-22-23-24-28-32-33(29-25-14-10-6-2,30-26-15-11-7-3)31-27-16-12-8-4;6-2-1-4-3(7)5-2/h5-32H2,1-4H3;1H2,(H2,4,5,6,7)/q+1;. The van der Waals surface area contributed by atoms with Crippen LogP contribution >= 0.6 is 7.26 Å². The fourth-order valence-electron chi connectivity index (χ4n) is 5.96. The van der Waals surface area contributed by atoms with Crippen molar-refractivity contribution in [3.8, 4) is 0 Å². The Morgan fingerprint density at radius 3 is 0.950 bits per heavy atom. The number of carbonyl (C=O) groups excluding carboxylic acids is 2. The molecule has 5 heteroatoms. The van der Waals surface area contributed by atoms with Crippen LogP contribution in [0.5, 0.6) is 0 Å². The van der Waals surface area contributed by atoms with Crippen molar-refractivity contribution in [2.24, 2.45) is 0 Å². The van der Waals surface area contributed by atoms with Gasteiger partial charge in [0.15, 0.2) is 0 Å². The topological polar surface area (TPSA) is 58.2 Å². The smallest absolute Gasteiger partial charge is 0.321 e. The van der Waals surface area contributed by atoms with Gasteiger partial charge in [0.05, 0.1) is 31.2 Å². The molecule has 1 fully saturated rings. The van der Waals surface area contributed by atoms with Crippen LogP contribution in [-0.2, 0) is 4.79 Å². The van der Waals surface area contributed by atoms with Crippen LogP contribution in [-0.4, -0.2) is 43.1 Å². The molecular weight excluding hydrogens is 511 g/mol. The minimum atomic E-state index is -0.697. The summed E-state index contributed by atoms with van der Waals surface area (Å²) < 4.78 is 0. The Morgan fingerprint density at radius 2 is 0.725 bits per heavy atom. The maximum Gasteiger partial charge on any atom is 0.321 e. The van der Waals surface area contributed by atoms with Crippen molar-refractivity contribution in [1.29, 1.82) is 0 Å². The Bertz CT molecular complexity index is 524. The first-order chi connectivity index (χ1) is 19.5. The summed E-state index contributed by atoms with van der Waals surface area (Å²) in [7, 11) is -0.697. The Balaban J connectivity index is 0.00000187. The Labute approximate surface area is 252 Å². The highest BCUT2D eigenvalue weighted by atomic mass is 31.2. The number of hydrogen-bond donors (Lipinski definition) is 2. The van der Waals surface area contributed by atoms with Gasteiger partial charge in [-0.1, -0.05) is 130 Å². The molecule has 1 aliphatic rings. The van der Waals surface area contributed by atoms with Gasteiger partial charge in [-0.3, -0.25) is 10.1 Å². The lowest BCUT2D eigenvalue weighted by molar-refractivity contribution is -0.117. The van der Waals surface area contributed by atoms with E-state index in [1.54, 1.807) is 50.3 Å². The number of rotatable bonds is 28. The van der Waals surface area contributed by atoms with E-state index in [2.05, 4.69) is 33.0 Å². The summed E-state index contributed by atoms with van der Waals surface area (Å²) in [5.41, 5.74) is 0. The van der Waals surface area contributed by atoms with Gasteiger partial charge in [0.1, 0.15) is 0 Å². The second kappa shape index (κ2) is 29.8. The normalized spacial score (nSPS) is 13.2. The van der Waals surface area contributed by atoms with Crippen molar-refractivity contribution >= 4 is 19.2 Å². The van der Waals surface area contributed by atoms with Crippen LogP contribution in [0.4, 0.5) is 4.79 Å². The van der Waals surface area contributed by atoms with Crippen molar-refractivity contribution in [2.75, 3.05) is 31.2 Å². The average Bonchev–Trinajstić information content (AvgIpc) is 3.34. The van der Waals surface area contributed by atoms with Gasteiger partial charge >= 0.3 is 6.03 Å². The van der Waals surface area contributed by atoms with Crippen LogP contribution in [0, 0.1) is 0 Å². The number of unbranched alkanes of at least 4 members (excludes halogenated alkanes) is 20. The molecule has 3 amide bonds. The molecule has 1 saturated heterocycles. The predicted octanol–water partition coefficient (Wildman–Crippen LogP) is 11.3. The van der Waals surface area contributed by atoms with E-state index in [0.29, 0.717) is 0 Å². The molecule has 0 saturated carbocycles. The Hall–Kier alpha value is -0.630. The first kappa shape index (κ1) is 39.4. The van der Waals surface area contributed by atoms with Gasteiger partial charge in [-0.25, -0.2) is 4.79 Å². The summed E-state index contributed by atoms with van der Waals surface area (Å²) >= 11 is 0. The van der Waals surface area contributed by atoms with E-state index < -0.39 is 13.3 Å². The van der Waals surface area contributed by atoms with Gasteiger partial charge in [-0.15, -0.1) is 0 Å². The Kier molecular flexibility index (Phi) is 29.4. The summed E-state index contributed by atoms with van der Waals surface area (Å²) in [6.07, 6.45) is 42.1. The summed E-state index contributed by atoms with van der Waals surface area (Å²) in [5.74, 6) is -0.259. The van der Waals surface area contributed by atoms with Crippen LogP contribution in [0.15, 0.2) is 0 Å². The Morgan fingerprint density at radius 1 is 0.450 bits per heavy atom. The third kappa shape index (κ3) is 25.1. The minimum Gasteiger partial charge on any atom is -0.329 e. The van der Waals surface area contributed by atoms with Gasteiger partial charge < -0.3 is 5.32 Å². The molecule has 0 atom stereocenters. The van der Waals surface area contributed by atoms with Crippen LogP contribution in [0.2, 0.25) is 0 Å². The number of urea groups is 1. The van der Waals surface area contributed by atoms with Gasteiger partial charge in [0, 0.05) is 7.26 Å². The number of imide groups is 1. The maximum absolute atomic E-state index is 10.1. The lowest BCUT2D eigenvalue weighted by Crippen LogP contribution is -2.22. The predicted molar refractivity (Wildman–Crippen MR) is 181 cm³/mol. The average molecular weight is 584 g/mol. The molecule has 40 heavy (non-hydrogen) atoms. The molecule has 0 unspecified atom stereocenters. The lowest BCUT2D eigenvalue weighted by atomic mass is 10.1. The molecule has 0 spiro atoms. The lowest BCUT2D eigenvalue weighted by Gasteiger charge is -2.28. The molecule has 1 heterocycles. The number of hydrogen-bond acceptors (Lipinski definition) is 2. The van der Waals surface area contributed by atoms with Gasteiger partial charge in [-0.2, -0.15) is 0 Å². The number of carbonyl (C=O) groups is 2. The molecule has 0 bridgehead atoms. The summed E-state index contributed by atoms with van der Waals surface area (Å²) in [4.78, 5) is 20.1. The molecule has 0 aromatic rings. The van der Waals surface area contributed by atoms with Gasteiger partial charge in [0.25, 0.3) is 0 Å².